The van der Waals surface area contributed by atoms with Gasteiger partial charge in [0.2, 0.25) is 10.0 Å². The van der Waals surface area contributed by atoms with Crippen molar-refractivity contribution in [3.8, 4) is 0 Å². The zero-order chi connectivity index (χ0) is 14.1. The Morgan fingerprint density at radius 2 is 2.11 bits per heavy atom. The van der Waals surface area contributed by atoms with Crippen LogP contribution in [0.15, 0.2) is 29.2 Å². The minimum atomic E-state index is -3.57. The van der Waals surface area contributed by atoms with Crippen LogP contribution < -0.4 is 0 Å². The number of ether oxygens (including phenoxy) is 1. The first-order chi connectivity index (χ1) is 8.96. The molecule has 0 atom stereocenters. The van der Waals surface area contributed by atoms with Gasteiger partial charge in [0, 0.05) is 14.2 Å². The summed E-state index contributed by atoms with van der Waals surface area (Å²) in [7, 11) is -0.472. The molecule has 5 nitrogen and oxygen atoms in total. The molecule has 0 aromatic heterocycles. The molecule has 0 bridgehead atoms. The molecule has 0 heterocycles. The third-order valence-corrected chi connectivity index (χ3v) is 5.62. The highest BCUT2D eigenvalue weighted by Crippen LogP contribution is 2.43. The van der Waals surface area contributed by atoms with Crippen LogP contribution in [0, 0.1) is 0 Å². The molecule has 6 heteroatoms. The van der Waals surface area contributed by atoms with Gasteiger partial charge in [-0.1, -0.05) is 12.1 Å². The zero-order valence-corrected chi connectivity index (χ0v) is 12.0. The molecule has 1 aliphatic rings. The van der Waals surface area contributed by atoms with E-state index in [1.54, 1.807) is 25.3 Å². The highest BCUT2D eigenvalue weighted by atomic mass is 32.2. The number of hydrogen-bond acceptors (Lipinski definition) is 4. The quantitative estimate of drug-likeness (QED) is 0.846. The molecule has 1 N–H and O–H groups in total. The second-order valence-electron chi connectivity index (χ2n) is 4.94. The predicted octanol–water partition coefficient (Wildman–Crippen LogP) is 0.978. The molecule has 106 valence electrons. The molecule has 1 aliphatic carbocycles. The van der Waals surface area contributed by atoms with Crippen LogP contribution in [0.25, 0.3) is 0 Å². The molecule has 0 aliphatic heterocycles. The number of hydrogen-bond donors (Lipinski definition) is 1. The number of aliphatic hydroxyl groups is 1. The average Bonchev–Trinajstić information content (AvgIpc) is 3.19. The molecule has 0 saturated heterocycles. The summed E-state index contributed by atoms with van der Waals surface area (Å²) in [5.41, 5.74) is 0.210. The van der Waals surface area contributed by atoms with Crippen molar-refractivity contribution in [2.75, 3.05) is 20.8 Å². The Balaban J connectivity index is 2.31. The number of benzene rings is 1. The van der Waals surface area contributed by atoms with Crippen LogP contribution in [0.3, 0.4) is 0 Å². The fourth-order valence-electron chi connectivity index (χ4n) is 2.09. The summed E-state index contributed by atoms with van der Waals surface area (Å²) >= 11 is 0. The van der Waals surface area contributed by atoms with Crippen molar-refractivity contribution in [1.82, 2.24) is 4.31 Å². The van der Waals surface area contributed by atoms with Gasteiger partial charge < -0.3 is 9.84 Å². The lowest BCUT2D eigenvalue weighted by Crippen LogP contribution is -2.41. The van der Waals surface area contributed by atoms with Gasteiger partial charge in [-0.05, 0) is 30.5 Å². The van der Waals surface area contributed by atoms with Crippen LogP contribution in [0.5, 0.6) is 0 Å². The largest absolute Gasteiger partial charge is 0.394 e. The second kappa shape index (κ2) is 5.20. The second-order valence-corrected chi connectivity index (χ2v) is 6.90. The zero-order valence-electron chi connectivity index (χ0n) is 11.2. The molecule has 0 radical (unpaired) electrons. The van der Waals surface area contributed by atoms with E-state index in [0.717, 1.165) is 5.56 Å². The lowest BCUT2D eigenvalue weighted by atomic mass is 10.2. The van der Waals surface area contributed by atoms with Crippen molar-refractivity contribution in [2.45, 2.75) is 29.9 Å². The van der Waals surface area contributed by atoms with E-state index in [1.165, 1.54) is 11.4 Å². The summed E-state index contributed by atoms with van der Waals surface area (Å²) in [6.07, 6.45) is 1.41. The van der Waals surface area contributed by atoms with Gasteiger partial charge in [-0.15, -0.1) is 0 Å². The summed E-state index contributed by atoms with van der Waals surface area (Å²) in [5, 5.41) is 9.35. The van der Waals surface area contributed by atoms with Crippen molar-refractivity contribution in [1.29, 1.82) is 0 Å². The average molecular weight is 285 g/mol. The first-order valence-corrected chi connectivity index (χ1v) is 7.58. The Hall–Kier alpha value is -0.950. The smallest absolute Gasteiger partial charge is 0.243 e. The summed E-state index contributed by atoms with van der Waals surface area (Å²) in [6.45, 7) is 0.235. The maximum atomic E-state index is 12.5. The molecule has 1 saturated carbocycles. The van der Waals surface area contributed by atoms with Crippen molar-refractivity contribution >= 4 is 10.0 Å². The maximum absolute atomic E-state index is 12.5. The van der Waals surface area contributed by atoms with Gasteiger partial charge in [0.25, 0.3) is 0 Å². The van der Waals surface area contributed by atoms with E-state index in [2.05, 4.69) is 0 Å². The van der Waals surface area contributed by atoms with E-state index in [-0.39, 0.29) is 11.5 Å². The number of likely N-dealkylation sites (N-methyl/N-ethyl adjacent to an activating group) is 1. The number of rotatable bonds is 6. The number of nitrogens with zero attached hydrogens (tertiary/aromatic N) is 1. The van der Waals surface area contributed by atoms with Crippen LogP contribution in [0.2, 0.25) is 0 Å². The number of aliphatic hydroxyl groups excluding tert-OH is 1. The van der Waals surface area contributed by atoms with Gasteiger partial charge in [0.05, 0.1) is 23.6 Å². The molecular weight excluding hydrogens is 266 g/mol. The molecule has 19 heavy (non-hydrogen) atoms. The molecule has 1 fully saturated rings. The van der Waals surface area contributed by atoms with Gasteiger partial charge in [0.15, 0.2) is 0 Å². The summed E-state index contributed by atoms with van der Waals surface area (Å²) in [5.74, 6) is 0. The monoisotopic (exact) mass is 285 g/mol. The number of methoxy groups -OCH3 is 1. The Labute approximate surface area is 113 Å². The Bertz CT molecular complexity index is 552. The third kappa shape index (κ3) is 2.67. The van der Waals surface area contributed by atoms with E-state index >= 15 is 0 Å². The van der Waals surface area contributed by atoms with E-state index in [1.807, 2.05) is 6.07 Å². The van der Waals surface area contributed by atoms with Crippen molar-refractivity contribution in [3.05, 3.63) is 29.8 Å². The Morgan fingerprint density at radius 1 is 1.42 bits per heavy atom. The van der Waals surface area contributed by atoms with Gasteiger partial charge >= 0.3 is 0 Å². The fourth-order valence-corrected chi connectivity index (χ4v) is 3.71. The summed E-state index contributed by atoms with van der Waals surface area (Å²) < 4.78 is 31.3. The lowest BCUT2D eigenvalue weighted by Gasteiger charge is -2.25. The van der Waals surface area contributed by atoms with Crippen LogP contribution in [-0.2, 0) is 21.4 Å². The topological polar surface area (TPSA) is 66.8 Å². The summed E-state index contributed by atoms with van der Waals surface area (Å²) in [4.78, 5) is 0.240. The van der Waals surface area contributed by atoms with Crippen molar-refractivity contribution in [3.63, 3.8) is 0 Å². The molecule has 1 aromatic rings. The van der Waals surface area contributed by atoms with Crippen LogP contribution in [0.1, 0.15) is 18.4 Å². The minimum absolute atomic E-state index is 0.138. The standard InChI is InChI=1S/C13H19NO4S/c1-14(13(10-15)6-7-13)19(16,17)12-5-3-4-11(8-12)9-18-2/h3-5,8,15H,6-7,9-10H2,1-2H3. The highest BCUT2D eigenvalue weighted by Gasteiger charge is 2.50. The van der Waals surface area contributed by atoms with Crippen molar-refractivity contribution < 1.29 is 18.3 Å². The van der Waals surface area contributed by atoms with Gasteiger partial charge in [0.1, 0.15) is 0 Å². The predicted molar refractivity (Wildman–Crippen MR) is 71.2 cm³/mol. The van der Waals surface area contributed by atoms with E-state index in [9.17, 15) is 13.5 Å². The van der Waals surface area contributed by atoms with Crippen LogP contribution >= 0.6 is 0 Å². The van der Waals surface area contributed by atoms with E-state index < -0.39 is 15.6 Å². The molecule has 0 amide bonds. The minimum Gasteiger partial charge on any atom is -0.394 e. The first-order valence-electron chi connectivity index (χ1n) is 6.14. The van der Waals surface area contributed by atoms with Gasteiger partial charge in [-0.3, -0.25) is 0 Å². The van der Waals surface area contributed by atoms with Crippen LogP contribution in [0.4, 0.5) is 0 Å². The number of sulfonamides is 1. The normalized spacial score (nSPS) is 17.7. The first kappa shape index (κ1) is 14.5. The molecular formula is C13H19NO4S. The lowest BCUT2D eigenvalue weighted by molar-refractivity contribution is 0.184. The SMILES string of the molecule is COCc1cccc(S(=O)(=O)N(C)C2(CO)CC2)c1. The van der Waals surface area contributed by atoms with Crippen LogP contribution in [-0.4, -0.2) is 44.1 Å². The summed E-state index contributed by atoms with van der Waals surface area (Å²) in [6, 6.07) is 6.70. The highest BCUT2D eigenvalue weighted by molar-refractivity contribution is 7.89. The third-order valence-electron chi connectivity index (χ3n) is 3.66. The Kier molecular flexibility index (Phi) is 3.96. The van der Waals surface area contributed by atoms with E-state index in [4.69, 9.17) is 4.74 Å². The Morgan fingerprint density at radius 3 is 2.63 bits per heavy atom. The fraction of sp³-hybridized carbons (Fsp3) is 0.538. The van der Waals surface area contributed by atoms with Crippen molar-refractivity contribution in [2.24, 2.45) is 0 Å². The van der Waals surface area contributed by atoms with Gasteiger partial charge in [-0.2, -0.15) is 4.31 Å². The maximum Gasteiger partial charge on any atom is 0.243 e. The van der Waals surface area contributed by atoms with Gasteiger partial charge in [-0.25, -0.2) is 8.42 Å². The molecule has 0 spiro atoms. The van der Waals surface area contributed by atoms with E-state index in [0.29, 0.717) is 19.4 Å². The molecule has 1 aromatic carbocycles. The molecule has 2 rings (SSSR count). The molecule has 0 unspecified atom stereocenters.